The van der Waals surface area contributed by atoms with Crippen LogP contribution in [-0.2, 0) is 0 Å². The lowest BCUT2D eigenvalue weighted by molar-refractivity contribution is 0.243. The highest BCUT2D eigenvalue weighted by Gasteiger charge is 2.21. The van der Waals surface area contributed by atoms with E-state index in [9.17, 15) is 4.39 Å². The Kier molecular flexibility index (Phi) is 5.97. The second-order valence-corrected chi connectivity index (χ2v) is 5.37. The zero-order valence-corrected chi connectivity index (χ0v) is 12.6. The van der Waals surface area contributed by atoms with Crippen LogP contribution in [0.25, 0.3) is 0 Å². The molecule has 1 fully saturated rings. The van der Waals surface area contributed by atoms with Crippen LogP contribution in [0.3, 0.4) is 0 Å². The smallest absolute Gasteiger partial charge is 0.146 e. The van der Waals surface area contributed by atoms with E-state index >= 15 is 0 Å². The van der Waals surface area contributed by atoms with Crippen LogP contribution in [-0.4, -0.2) is 50.2 Å². The van der Waals surface area contributed by atoms with Gasteiger partial charge in [-0.2, -0.15) is 5.26 Å². The van der Waals surface area contributed by atoms with Gasteiger partial charge in [0.1, 0.15) is 11.9 Å². The van der Waals surface area contributed by atoms with Crippen LogP contribution >= 0.6 is 0 Å². The summed E-state index contributed by atoms with van der Waals surface area (Å²) < 4.78 is 13.8. The maximum Gasteiger partial charge on any atom is 0.146 e. The van der Waals surface area contributed by atoms with E-state index in [1.54, 1.807) is 6.07 Å². The summed E-state index contributed by atoms with van der Waals surface area (Å²) in [6.45, 7) is 7.02. The molecule has 1 heterocycles. The van der Waals surface area contributed by atoms with E-state index in [0.29, 0.717) is 5.69 Å². The van der Waals surface area contributed by atoms with Crippen LogP contribution < -0.4 is 10.2 Å². The Morgan fingerprint density at radius 1 is 1.29 bits per heavy atom. The number of piperazine rings is 1. The zero-order chi connectivity index (χ0) is 15.1. The molecule has 0 spiro atoms. The van der Waals surface area contributed by atoms with E-state index in [-0.39, 0.29) is 11.9 Å². The molecule has 21 heavy (non-hydrogen) atoms. The van der Waals surface area contributed by atoms with Crippen LogP contribution in [0, 0.1) is 17.1 Å². The highest BCUT2D eigenvalue weighted by atomic mass is 19.1. The van der Waals surface area contributed by atoms with E-state index in [0.717, 1.165) is 45.7 Å². The monoisotopic (exact) mass is 290 g/mol. The van der Waals surface area contributed by atoms with Crippen LogP contribution in [0.4, 0.5) is 10.1 Å². The van der Waals surface area contributed by atoms with Crippen LogP contribution in [0.5, 0.6) is 0 Å². The summed E-state index contributed by atoms with van der Waals surface area (Å²) in [4.78, 5) is 4.35. The molecule has 5 heteroatoms. The minimum absolute atomic E-state index is 0.120. The van der Waals surface area contributed by atoms with Crippen molar-refractivity contribution in [3.63, 3.8) is 0 Å². The lowest BCUT2D eigenvalue weighted by atomic mass is 10.2. The summed E-state index contributed by atoms with van der Waals surface area (Å²) in [7, 11) is 0. The highest BCUT2D eigenvalue weighted by Crippen LogP contribution is 2.20. The first-order valence-electron chi connectivity index (χ1n) is 7.59. The van der Waals surface area contributed by atoms with Gasteiger partial charge in [-0.15, -0.1) is 0 Å². The summed E-state index contributed by atoms with van der Waals surface area (Å²) in [6, 6.07) is 9.10. The molecule has 0 bridgehead atoms. The third-order valence-corrected chi connectivity index (χ3v) is 3.80. The minimum atomic E-state index is -0.162. The maximum atomic E-state index is 13.8. The fourth-order valence-electron chi connectivity index (χ4n) is 2.61. The average Bonchev–Trinajstić information content (AvgIpc) is 2.52. The first-order valence-corrected chi connectivity index (χ1v) is 7.59. The van der Waals surface area contributed by atoms with Gasteiger partial charge < -0.3 is 10.2 Å². The molecule has 1 aliphatic heterocycles. The number of nitrogens with one attached hydrogen (secondary N) is 1. The predicted octanol–water partition coefficient (Wildman–Crippen LogP) is 1.84. The number of anilines is 1. The van der Waals surface area contributed by atoms with Gasteiger partial charge in [0.15, 0.2) is 0 Å². The fraction of sp³-hybridized carbons (Fsp3) is 0.562. The molecule has 1 atom stereocenters. The van der Waals surface area contributed by atoms with Crippen molar-refractivity contribution >= 4 is 5.69 Å². The van der Waals surface area contributed by atoms with Gasteiger partial charge >= 0.3 is 0 Å². The number of nitriles is 1. The van der Waals surface area contributed by atoms with Crippen LogP contribution in [0.15, 0.2) is 24.3 Å². The molecule has 0 saturated carbocycles. The van der Waals surface area contributed by atoms with Crippen molar-refractivity contribution in [2.24, 2.45) is 0 Å². The van der Waals surface area contributed by atoms with E-state index in [4.69, 9.17) is 5.26 Å². The van der Waals surface area contributed by atoms with Crippen molar-refractivity contribution in [1.82, 2.24) is 10.2 Å². The molecular weight excluding hydrogens is 267 g/mol. The van der Waals surface area contributed by atoms with Crippen LogP contribution in [0.2, 0.25) is 0 Å². The summed E-state index contributed by atoms with van der Waals surface area (Å²) >= 11 is 0. The van der Waals surface area contributed by atoms with Crippen molar-refractivity contribution in [2.45, 2.75) is 19.4 Å². The SMILES string of the molecule is CCCNC(C#N)CN1CCN(c2ccccc2F)CC1. The third kappa shape index (κ3) is 4.42. The molecule has 1 N–H and O–H groups in total. The standard InChI is InChI=1S/C16H23FN4/c1-2-7-19-14(12-18)13-20-8-10-21(11-9-20)16-6-4-3-5-15(16)17/h3-6,14,19H,2,7-11,13H2,1H3. The first kappa shape index (κ1) is 15.7. The Balaban J connectivity index is 1.83. The van der Waals surface area contributed by atoms with Gasteiger partial charge in [0.25, 0.3) is 0 Å². The lowest BCUT2D eigenvalue weighted by Crippen LogP contribution is -2.50. The van der Waals surface area contributed by atoms with E-state index in [2.05, 4.69) is 28.1 Å². The quantitative estimate of drug-likeness (QED) is 0.868. The molecular formula is C16H23FN4. The number of hydrogen-bond donors (Lipinski definition) is 1. The topological polar surface area (TPSA) is 42.3 Å². The largest absolute Gasteiger partial charge is 0.367 e. The average molecular weight is 290 g/mol. The molecule has 0 aromatic heterocycles. The Morgan fingerprint density at radius 3 is 2.62 bits per heavy atom. The zero-order valence-electron chi connectivity index (χ0n) is 12.6. The van der Waals surface area contributed by atoms with Gasteiger partial charge in [-0.3, -0.25) is 4.90 Å². The molecule has 2 rings (SSSR count). The second kappa shape index (κ2) is 7.96. The normalized spacial score (nSPS) is 17.5. The number of rotatable bonds is 6. The van der Waals surface area contributed by atoms with Crippen molar-refractivity contribution in [3.8, 4) is 6.07 Å². The summed E-state index contributed by atoms with van der Waals surface area (Å²) in [6.07, 6.45) is 1.03. The van der Waals surface area contributed by atoms with Gasteiger partial charge in [-0.05, 0) is 25.1 Å². The van der Waals surface area contributed by atoms with Gasteiger partial charge in [0, 0.05) is 32.7 Å². The van der Waals surface area contributed by atoms with Gasteiger partial charge in [0.2, 0.25) is 0 Å². The first-order chi connectivity index (χ1) is 10.2. The number of halogens is 1. The van der Waals surface area contributed by atoms with Crippen molar-refractivity contribution in [2.75, 3.05) is 44.2 Å². The summed E-state index contributed by atoms with van der Waals surface area (Å²) in [5.41, 5.74) is 0.679. The van der Waals surface area contributed by atoms with Gasteiger partial charge in [0.05, 0.1) is 11.8 Å². The Morgan fingerprint density at radius 2 is 2.00 bits per heavy atom. The fourth-order valence-corrected chi connectivity index (χ4v) is 2.61. The number of benzene rings is 1. The molecule has 4 nitrogen and oxygen atoms in total. The molecule has 0 amide bonds. The third-order valence-electron chi connectivity index (χ3n) is 3.80. The lowest BCUT2D eigenvalue weighted by Gasteiger charge is -2.36. The Bertz CT molecular complexity index is 477. The molecule has 1 aliphatic rings. The number of para-hydroxylation sites is 1. The molecule has 1 unspecified atom stereocenters. The van der Waals surface area contributed by atoms with E-state index in [1.807, 2.05) is 12.1 Å². The molecule has 1 aromatic carbocycles. The minimum Gasteiger partial charge on any atom is -0.367 e. The number of nitrogens with zero attached hydrogens (tertiary/aromatic N) is 3. The molecule has 0 radical (unpaired) electrons. The summed E-state index contributed by atoms with van der Waals surface area (Å²) in [5, 5.41) is 12.4. The molecule has 0 aliphatic carbocycles. The van der Waals surface area contributed by atoms with Gasteiger partial charge in [-0.25, -0.2) is 4.39 Å². The number of hydrogen-bond acceptors (Lipinski definition) is 4. The molecule has 114 valence electrons. The molecule has 1 saturated heterocycles. The Hall–Kier alpha value is -1.64. The maximum absolute atomic E-state index is 13.8. The van der Waals surface area contributed by atoms with Gasteiger partial charge in [-0.1, -0.05) is 19.1 Å². The Labute approximate surface area is 126 Å². The van der Waals surface area contributed by atoms with Crippen molar-refractivity contribution in [1.29, 1.82) is 5.26 Å². The van der Waals surface area contributed by atoms with Crippen LogP contribution in [0.1, 0.15) is 13.3 Å². The predicted molar refractivity (Wildman–Crippen MR) is 82.7 cm³/mol. The second-order valence-electron chi connectivity index (χ2n) is 5.37. The van der Waals surface area contributed by atoms with E-state index in [1.165, 1.54) is 6.07 Å². The van der Waals surface area contributed by atoms with Crippen molar-refractivity contribution < 1.29 is 4.39 Å². The summed E-state index contributed by atoms with van der Waals surface area (Å²) in [5.74, 6) is -0.162. The van der Waals surface area contributed by atoms with E-state index < -0.39 is 0 Å². The highest BCUT2D eigenvalue weighted by molar-refractivity contribution is 5.47. The molecule has 1 aromatic rings. The van der Waals surface area contributed by atoms with Crippen molar-refractivity contribution in [3.05, 3.63) is 30.1 Å².